The summed E-state index contributed by atoms with van der Waals surface area (Å²) in [7, 11) is -3.46. The van der Waals surface area contributed by atoms with Crippen LogP contribution in [0, 0.1) is 0 Å². The fraction of sp³-hybridized carbons (Fsp3) is 0. The van der Waals surface area contributed by atoms with Crippen molar-refractivity contribution in [1.29, 1.82) is 0 Å². The number of fused-ring (bicyclic) bond motifs is 1. The van der Waals surface area contributed by atoms with Gasteiger partial charge in [-0.05, 0) is 30.3 Å². The quantitative estimate of drug-likeness (QED) is 0.571. The first-order chi connectivity index (χ1) is 13.1. The van der Waals surface area contributed by atoms with E-state index in [0.29, 0.717) is 11.1 Å². The Kier molecular flexibility index (Phi) is 5.63. The zero-order chi connectivity index (χ0) is 19.1. The largest absolute Gasteiger partial charge is 0.280 e. The van der Waals surface area contributed by atoms with Gasteiger partial charge in [0.15, 0.2) is 0 Å². The maximum Gasteiger partial charge on any atom is 0.272 e. The highest BCUT2D eigenvalue weighted by Gasteiger charge is 2.12. The topological polar surface area (TPSA) is 91.9 Å². The first-order valence-corrected chi connectivity index (χ1v) is 9.60. The van der Waals surface area contributed by atoms with Crippen molar-refractivity contribution in [3.63, 3.8) is 0 Å². The minimum Gasteiger partial charge on any atom is -0.280 e. The highest BCUT2D eigenvalue weighted by atomic mass is 32.2. The molecule has 4 rings (SSSR count). The van der Waals surface area contributed by atoms with Gasteiger partial charge >= 0.3 is 0 Å². The van der Waals surface area contributed by atoms with Gasteiger partial charge in [-0.1, -0.05) is 54.6 Å². The summed E-state index contributed by atoms with van der Waals surface area (Å²) in [5.74, 6) is 0. The predicted molar refractivity (Wildman–Crippen MR) is 106 cm³/mol. The van der Waals surface area contributed by atoms with Gasteiger partial charge in [0.1, 0.15) is 0 Å². The highest BCUT2D eigenvalue weighted by Crippen LogP contribution is 2.14. The van der Waals surface area contributed by atoms with Gasteiger partial charge < -0.3 is 0 Å². The number of H-pyrrole nitrogens is 1. The van der Waals surface area contributed by atoms with E-state index < -0.39 is 10.0 Å². The van der Waals surface area contributed by atoms with Crippen LogP contribution in [0.4, 0.5) is 5.69 Å². The van der Waals surface area contributed by atoms with E-state index in [-0.39, 0.29) is 10.5 Å². The molecule has 0 aliphatic carbocycles. The average Bonchev–Trinajstić information content (AvgIpc) is 2.70. The summed E-state index contributed by atoms with van der Waals surface area (Å²) in [4.78, 5) is 11.3. The van der Waals surface area contributed by atoms with Crippen molar-refractivity contribution in [3.8, 4) is 0 Å². The SMILES string of the molecule is O=S(=O)(Nc1ccccc1)c1ccccc1.O=c1[nH]ncc2ccccc12. The number of rotatable bonds is 3. The van der Waals surface area contributed by atoms with Crippen molar-refractivity contribution in [1.82, 2.24) is 10.2 Å². The Morgan fingerprint density at radius 2 is 1.37 bits per heavy atom. The summed E-state index contributed by atoms with van der Waals surface area (Å²) in [6.45, 7) is 0. The molecular weight excluding hydrogens is 362 g/mol. The van der Waals surface area contributed by atoms with Gasteiger partial charge in [-0.15, -0.1) is 0 Å². The number of nitrogens with zero attached hydrogens (tertiary/aromatic N) is 1. The molecule has 0 bridgehead atoms. The summed E-state index contributed by atoms with van der Waals surface area (Å²) >= 11 is 0. The molecule has 2 N–H and O–H groups in total. The van der Waals surface area contributed by atoms with E-state index in [1.807, 2.05) is 24.3 Å². The smallest absolute Gasteiger partial charge is 0.272 e. The van der Waals surface area contributed by atoms with Crippen molar-refractivity contribution >= 4 is 26.5 Å². The molecule has 0 spiro atoms. The van der Waals surface area contributed by atoms with Gasteiger partial charge in [-0.2, -0.15) is 5.10 Å². The van der Waals surface area contributed by atoms with E-state index in [1.165, 1.54) is 0 Å². The van der Waals surface area contributed by atoms with Crippen LogP contribution in [0.25, 0.3) is 10.8 Å². The van der Waals surface area contributed by atoms with Crippen molar-refractivity contribution in [2.45, 2.75) is 4.90 Å². The molecule has 0 radical (unpaired) electrons. The fourth-order valence-corrected chi connectivity index (χ4v) is 3.44. The Bertz CT molecular complexity index is 1170. The molecule has 6 nitrogen and oxygen atoms in total. The van der Waals surface area contributed by atoms with E-state index in [0.717, 1.165) is 5.39 Å². The number of nitrogens with one attached hydrogen (secondary N) is 2. The third-order valence-electron chi connectivity index (χ3n) is 3.65. The van der Waals surface area contributed by atoms with Gasteiger partial charge in [-0.25, -0.2) is 13.5 Å². The van der Waals surface area contributed by atoms with E-state index in [9.17, 15) is 13.2 Å². The van der Waals surface area contributed by atoms with Gasteiger partial charge in [0.05, 0.1) is 11.1 Å². The molecule has 27 heavy (non-hydrogen) atoms. The molecule has 136 valence electrons. The van der Waals surface area contributed by atoms with Crippen LogP contribution in [-0.4, -0.2) is 18.6 Å². The summed E-state index contributed by atoms with van der Waals surface area (Å²) < 4.78 is 26.3. The maximum atomic E-state index is 11.9. The molecule has 0 amide bonds. The third-order valence-corrected chi connectivity index (χ3v) is 5.05. The Morgan fingerprint density at radius 3 is 2.04 bits per heavy atom. The molecule has 0 saturated heterocycles. The minimum absolute atomic E-state index is 0.136. The van der Waals surface area contributed by atoms with Crippen LogP contribution < -0.4 is 10.3 Å². The Balaban J connectivity index is 0.000000166. The van der Waals surface area contributed by atoms with Crippen LogP contribution in [0.1, 0.15) is 0 Å². The molecule has 0 aliphatic rings. The summed E-state index contributed by atoms with van der Waals surface area (Å²) in [6, 6.07) is 24.4. The van der Waals surface area contributed by atoms with Crippen LogP contribution in [0.5, 0.6) is 0 Å². The Hall–Kier alpha value is -3.45. The summed E-state index contributed by atoms with van der Waals surface area (Å²) in [5, 5.41) is 7.60. The van der Waals surface area contributed by atoms with E-state index in [2.05, 4.69) is 14.9 Å². The van der Waals surface area contributed by atoms with Gasteiger partial charge in [0, 0.05) is 16.5 Å². The van der Waals surface area contributed by atoms with Gasteiger partial charge in [0.25, 0.3) is 15.6 Å². The first-order valence-electron chi connectivity index (χ1n) is 8.11. The first kappa shape index (κ1) is 18.3. The van der Waals surface area contributed by atoms with E-state index in [1.54, 1.807) is 66.9 Å². The molecule has 0 atom stereocenters. The summed E-state index contributed by atoms with van der Waals surface area (Å²) in [6.07, 6.45) is 1.64. The number of anilines is 1. The lowest BCUT2D eigenvalue weighted by atomic mass is 10.2. The highest BCUT2D eigenvalue weighted by molar-refractivity contribution is 7.92. The average molecular weight is 379 g/mol. The van der Waals surface area contributed by atoms with Crippen LogP contribution in [0.15, 0.2) is 101 Å². The van der Waals surface area contributed by atoms with Gasteiger partial charge in [-0.3, -0.25) is 9.52 Å². The molecular formula is C20H17N3O3S. The van der Waals surface area contributed by atoms with Crippen LogP contribution in [0.3, 0.4) is 0 Å². The molecule has 0 saturated carbocycles. The number of benzene rings is 3. The molecule has 0 aliphatic heterocycles. The number of aromatic amines is 1. The second-order valence-electron chi connectivity index (χ2n) is 5.57. The number of para-hydroxylation sites is 1. The number of sulfonamides is 1. The van der Waals surface area contributed by atoms with Crippen LogP contribution in [-0.2, 0) is 10.0 Å². The monoisotopic (exact) mass is 379 g/mol. The maximum absolute atomic E-state index is 11.9. The Labute approximate surface area is 156 Å². The lowest BCUT2D eigenvalue weighted by Gasteiger charge is -2.07. The van der Waals surface area contributed by atoms with Crippen LogP contribution >= 0.6 is 0 Å². The minimum atomic E-state index is -3.46. The zero-order valence-electron chi connectivity index (χ0n) is 14.2. The standard InChI is InChI=1S/C12H11NO2S.C8H6N2O/c14-16(15,12-9-5-2-6-10-12)13-11-7-3-1-4-8-11;11-8-7-4-2-1-3-6(7)5-9-10-8/h1-10,13H;1-5H,(H,10,11). The number of hydrogen-bond donors (Lipinski definition) is 2. The lowest BCUT2D eigenvalue weighted by Crippen LogP contribution is -2.12. The molecule has 7 heteroatoms. The van der Waals surface area contributed by atoms with E-state index in [4.69, 9.17) is 0 Å². The summed E-state index contributed by atoms with van der Waals surface area (Å²) in [5.41, 5.74) is 0.425. The van der Waals surface area contributed by atoms with Crippen LogP contribution in [0.2, 0.25) is 0 Å². The van der Waals surface area contributed by atoms with Crippen molar-refractivity contribution in [2.75, 3.05) is 4.72 Å². The zero-order valence-corrected chi connectivity index (χ0v) is 15.1. The third kappa shape index (κ3) is 4.80. The van der Waals surface area contributed by atoms with Crippen molar-refractivity contribution < 1.29 is 8.42 Å². The molecule has 0 unspecified atom stereocenters. The number of hydrogen-bond acceptors (Lipinski definition) is 4. The number of aromatic nitrogens is 2. The van der Waals surface area contributed by atoms with Crippen molar-refractivity contribution in [3.05, 3.63) is 101 Å². The molecule has 4 aromatic rings. The Morgan fingerprint density at radius 1 is 0.778 bits per heavy atom. The fourth-order valence-electron chi connectivity index (χ4n) is 2.36. The molecule has 1 heterocycles. The predicted octanol–water partition coefficient (Wildman–Crippen LogP) is 3.41. The molecule has 0 fully saturated rings. The van der Waals surface area contributed by atoms with E-state index >= 15 is 0 Å². The van der Waals surface area contributed by atoms with Crippen molar-refractivity contribution in [2.24, 2.45) is 0 Å². The second-order valence-corrected chi connectivity index (χ2v) is 7.25. The normalized spacial score (nSPS) is 10.7. The molecule has 3 aromatic carbocycles. The van der Waals surface area contributed by atoms with Gasteiger partial charge in [0.2, 0.25) is 0 Å². The molecule has 1 aromatic heterocycles. The second kappa shape index (κ2) is 8.29. The lowest BCUT2D eigenvalue weighted by molar-refractivity contribution is 0.601.